The molecule has 0 heterocycles. The fourth-order valence-corrected chi connectivity index (χ4v) is 11.0. The van der Waals surface area contributed by atoms with Crippen LogP contribution in [0.3, 0.4) is 0 Å². The number of nitrogens with one attached hydrogen (secondary N) is 10. The van der Waals surface area contributed by atoms with Crippen molar-refractivity contribution in [1.29, 1.82) is 0 Å². The molecule has 33 nitrogen and oxygen atoms in total. The van der Waals surface area contributed by atoms with Gasteiger partial charge in [-0.2, -0.15) is 0 Å². The van der Waals surface area contributed by atoms with Gasteiger partial charge in [0.1, 0.15) is 76.3 Å². The number of methoxy groups -OCH3 is 1. The lowest BCUT2D eigenvalue weighted by Gasteiger charge is -2.25. The van der Waals surface area contributed by atoms with Crippen molar-refractivity contribution in [3.8, 4) is 0 Å². The van der Waals surface area contributed by atoms with E-state index < -0.39 is 140 Å². The Bertz CT molecular complexity index is 2910. The van der Waals surface area contributed by atoms with Crippen molar-refractivity contribution in [2.24, 2.45) is 0 Å². The van der Waals surface area contributed by atoms with E-state index in [4.69, 9.17) is 18.9 Å². The maximum absolute atomic E-state index is 14.7. The molecular weight excluding hydrogens is 1430 g/mol. The number of ether oxygens (including phenoxy) is 4. The molecule has 0 fully saturated rings. The molecule has 626 valence electrons. The first-order valence-corrected chi connectivity index (χ1v) is 39.2. The van der Waals surface area contributed by atoms with Gasteiger partial charge in [0.25, 0.3) is 0 Å². The van der Waals surface area contributed by atoms with Crippen LogP contribution in [0, 0.1) is 0 Å². The van der Waals surface area contributed by atoms with Crippen molar-refractivity contribution in [2.45, 2.75) is 284 Å². The van der Waals surface area contributed by atoms with E-state index in [0.29, 0.717) is 13.2 Å². The van der Waals surface area contributed by atoms with Gasteiger partial charge >= 0.3 is 0 Å². The fourth-order valence-electron chi connectivity index (χ4n) is 11.0. The normalized spacial score (nSPS) is 13.7. The van der Waals surface area contributed by atoms with Gasteiger partial charge in [0.2, 0.25) is 29.5 Å². The van der Waals surface area contributed by atoms with E-state index in [-0.39, 0.29) is 265 Å². The number of hydrogen-bond donors (Lipinski definition) is 11. The fraction of sp³-hybridized carbons (Fsp3) is 0.766. The standard InChI is InChI=1S/C77H130N10O23/c1-11-52(89)21-27-59(67(96)15-5)80-45-57(94)25-31-63(71(100)48-83-61(69(98)17-7)29-23-54(91)13-3)85-74(103)36-34-66(86-75(104)50-110-44-43-109-39-37-78-73(102)35-33-65(82-47-56(93)20-19-51(9)88)76(105)79-38-40-108-42-41-107-10)77(106)87-64(72(101)49-84-62(70(99)18-8)30-24-55(92)14-4)32-26-58(95)46-81-60(68(97)16-6)28-22-53(90)12-2/h51,59-66,80-84,88H,11-50H2,1-10H3,(H,78,102)(H,79,105)(H,85,103)(H,86,104)(H,87,106). The summed E-state index contributed by atoms with van der Waals surface area (Å²) in [5, 5.41) is 37.3. The molecule has 0 aliphatic heterocycles. The van der Waals surface area contributed by atoms with Crippen LogP contribution in [-0.2, 0) is 105 Å². The van der Waals surface area contributed by atoms with Gasteiger partial charge in [-0.05, 0) is 64.7 Å². The minimum absolute atomic E-state index is 0.0191. The number of ketones is 13. The van der Waals surface area contributed by atoms with Crippen LogP contribution in [0.25, 0.3) is 0 Å². The van der Waals surface area contributed by atoms with Crippen LogP contribution in [0.2, 0.25) is 0 Å². The van der Waals surface area contributed by atoms with Crippen LogP contribution >= 0.6 is 0 Å². The summed E-state index contributed by atoms with van der Waals surface area (Å²) in [6.45, 7) is 12.9. The minimum Gasteiger partial charge on any atom is -0.393 e. The molecule has 0 aliphatic rings. The maximum Gasteiger partial charge on any atom is 0.246 e. The molecule has 0 aromatic heterocycles. The molecule has 0 aliphatic carbocycles. The minimum atomic E-state index is -1.67. The van der Waals surface area contributed by atoms with Crippen molar-refractivity contribution >= 4 is 105 Å². The summed E-state index contributed by atoms with van der Waals surface area (Å²) in [5.74, 6) is -7.80. The third-order valence-corrected chi connectivity index (χ3v) is 18.2. The number of carbonyl (C=O) groups is 18. The van der Waals surface area contributed by atoms with E-state index in [1.165, 1.54) is 7.11 Å². The highest BCUT2D eigenvalue weighted by Gasteiger charge is 2.32. The number of Topliss-reactive ketones (excluding diaryl/α,β-unsaturated/α-hetero) is 13. The number of rotatable bonds is 75. The average Bonchev–Trinajstić information content (AvgIpc) is 0.866. The first-order valence-electron chi connectivity index (χ1n) is 39.2. The molecule has 0 aromatic rings. The number of hydrogen-bond acceptors (Lipinski definition) is 28. The second-order valence-corrected chi connectivity index (χ2v) is 27.0. The predicted molar refractivity (Wildman–Crippen MR) is 407 cm³/mol. The van der Waals surface area contributed by atoms with Crippen LogP contribution in [0.5, 0.6) is 0 Å². The Morgan fingerprint density at radius 3 is 1.00 bits per heavy atom. The van der Waals surface area contributed by atoms with Gasteiger partial charge in [0.15, 0.2) is 11.6 Å². The first kappa shape index (κ1) is 103. The summed E-state index contributed by atoms with van der Waals surface area (Å²) in [4.78, 5) is 238. The van der Waals surface area contributed by atoms with Crippen LogP contribution < -0.4 is 53.2 Å². The smallest absolute Gasteiger partial charge is 0.246 e. The highest BCUT2D eigenvalue weighted by molar-refractivity contribution is 5.97. The Kier molecular flexibility index (Phi) is 59.0. The topological polar surface area (TPSA) is 485 Å². The molecule has 9 atom stereocenters. The molecule has 5 amide bonds. The molecule has 0 saturated carbocycles. The van der Waals surface area contributed by atoms with Gasteiger partial charge in [-0.3, -0.25) is 91.6 Å². The van der Waals surface area contributed by atoms with Gasteiger partial charge in [-0.1, -0.05) is 55.4 Å². The third-order valence-electron chi connectivity index (χ3n) is 18.2. The molecule has 110 heavy (non-hydrogen) atoms. The highest BCUT2D eigenvalue weighted by Crippen LogP contribution is 2.13. The Hall–Kier alpha value is -7.34. The Morgan fingerprint density at radius 1 is 0.282 bits per heavy atom. The molecule has 0 radical (unpaired) electrons. The van der Waals surface area contributed by atoms with Crippen molar-refractivity contribution < 1.29 is 110 Å². The monoisotopic (exact) mass is 1560 g/mol. The summed E-state index contributed by atoms with van der Waals surface area (Å²) in [5.41, 5.74) is 0. The SMILES string of the molecule is CCC(=O)CCC(NCC(=O)CCC(NC(=O)CCC(NC(=O)COCCOCCNC(=O)CCC(NCC(=O)CCC(C)O)C(=O)NCCOCCOC)C(=O)NC(CCC(=O)CNC(CCC(=O)CC)C(=O)CC)C(=O)CNC(CCC(=O)CC)C(=O)CC)C(=O)CNC(CCC(=O)CC)C(=O)CC)C(=O)CC. The molecule has 0 rings (SSSR count). The number of aliphatic hydroxyl groups is 1. The van der Waals surface area contributed by atoms with Crippen molar-refractivity contribution in [3.05, 3.63) is 0 Å². The largest absolute Gasteiger partial charge is 0.393 e. The van der Waals surface area contributed by atoms with Crippen molar-refractivity contribution in [1.82, 2.24) is 53.2 Å². The van der Waals surface area contributed by atoms with E-state index in [9.17, 15) is 91.4 Å². The lowest BCUT2D eigenvalue weighted by molar-refractivity contribution is -0.134. The molecule has 0 saturated heterocycles. The van der Waals surface area contributed by atoms with Gasteiger partial charge in [0, 0.05) is 129 Å². The van der Waals surface area contributed by atoms with E-state index in [0.717, 1.165) is 0 Å². The summed E-state index contributed by atoms with van der Waals surface area (Å²) in [6.07, 6.45) is -1.03. The van der Waals surface area contributed by atoms with Crippen LogP contribution in [0.15, 0.2) is 0 Å². The van der Waals surface area contributed by atoms with E-state index in [1.807, 2.05) is 0 Å². The van der Waals surface area contributed by atoms with Gasteiger partial charge in [0.05, 0.1) is 121 Å². The second kappa shape index (κ2) is 63.2. The van der Waals surface area contributed by atoms with E-state index in [1.54, 1.807) is 62.3 Å². The van der Waals surface area contributed by atoms with Gasteiger partial charge < -0.3 is 71.9 Å². The number of carbonyl (C=O) groups excluding carboxylic acids is 18. The maximum atomic E-state index is 14.7. The summed E-state index contributed by atoms with van der Waals surface area (Å²) in [6, 6.07) is -9.06. The summed E-state index contributed by atoms with van der Waals surface area (Å²) >= 11 is 0. The summed E-state index contributed by atoms with van der Waals surface area (Å²) in [7, 11) is 1.52. The molecule has 0 bridgehead atoms. The van der Waals surface area contributed by atoms with Crippen LogP contribution in [0.1, 0.15) is 229 Å². The lowest BCUT2D eigenvalue weighted by Crippen LogP contribution is -2.54. The predicted octanol–water partition coefficient (Wildman–Crippen LogP) is 1.24. The molecule has 9 unspecified atom stereocenters. The Labute approximate surface area is 648 Å². The number of aliphatic hydroxyl groups excluding tert-OH is 1. The molecule has 33 heteroatoms. The Balaban J connectivity index is 7.08. The molecule has 11 N–H and O–H groups in total. The highest BCUT2D eigenvalue weighted by atomic mass is 16.5. The van der Waals surface area contributed by atoms with E-state index >= 15 is 0 Å². The quantitative estimate of drug-likeness (QED) is 0.0382. The first-order chi connectivity index (χ1) is 52.4. The molecule has 0 aromatic carbocycles. The zero-order chi connectivity index (χ0) is 82.8. The van der Waals surface area contributed by atoms with Gasteiger partial charge in [-0.25, -0.2) is 0 Å². The van der Waals surface area contributed by atoms with E-state index in [2.05, 4.69) is 53.2 Å². The lowest BCUT2D eigenvalue weighted by atomic mass is 9.99. The summed E-state index contributed by atoms with van der Waals surface area (Å²) < 4.78 is 21.5. The van der Waals surface area contributed by atoms with Crippen LogP contribution in [0.4, 0.5) is 0 Å². The molecule has 0 spiro atoms. The second-order valence-electron chi connectivity index (χ2n) is 27.0. The molecular formula is C77H130N10O23. The Morgan fingerprint density at radius 2 is 0.600 bits per heavy atom. The third kappa shape index (κ3) is 49.8. The van der Waals surface area contributed by atoms with Crippen molar-refractivity contribution in [3.63, 3.8) is 0 Å². The number of amides is 5. The van der Waals surface area contributed by atoms with Crippen LogP contribution in [-0.4, -0.2) is 263 Å². The zero-order valence-electron chi connectivity index (χ0n) is 66.9. The zero-order valence-corrected chi connectivity index (χ0v) is 66.9. The van der Waals surface area contributed by atoms with Gasteiger partial charge in [-0.15, -0.1) is 0 Å². The average molecular weight is 1560 g/mol. The van der Waals surface area contributed by atoms with Crippen molar-refractivity contribution in [2.75, 3.05) is 99.2 Å².